The average Bonchev–Trinajstić information content (AvgIpc) is 3.11. The van der Waals surface area contributed by atoms with Gasteiger partial charge in [0.2, 0.25) is 9.84 Å². The predicted molar refractivity (Wildman–Crippen MR) is 54.8 cm³/mol. The first kappa shape index (κ1) is 11.3. The molecule has 2 rings (SSSR count). The molecule has 1 fully saturated rings. The van der Waals surface area contributed by atoms with Crippen LogP contribution in [0.25, 0.3) is 0 Å². The van der Waals surface area contributed by atoms with Gasteiger partial charge in [0.1, 0.15) is 18.5 Å². The number of epoxide rings is 1. The zero-order chi connectivity index (χ0) is 11.6. The van der Waals surface area contributed by atoms with Gasteiger partial charge in [-0.25, -0.2) is 12.8 Å². The lowest BCUT2D eigenvalue weighted by molar-refractivity contribution is 0.262. The number of benzene rings is 1. The molecule has 16 heavy (non-hydrogen) atoms. The summed E-state index contributed by atoms with van der Waals surface area (Å²) in [5.74, 6) is 0.407. The number of hydrogen-bond acceptors (Lipinski definition) is 4. The van der Waals surface area contributed by atoms with Crippen LogP contribution in [0.2, 0.25) is 0 Å². The molecule has 1 heterocycles. The van der Waals surface area contributed by atoms with Gasteiger partial charge in [0, 0.05) is 0 Å². The largest absolute Gasteiger partial charge is 0.491 e. The van der Waals surface area contributed by atoms with Gasteiger partial charge in [-0.1, -0.05) is 6.07 Å². The summed E-state index contributed by atoms with van der Waals surface area (Å²) >= 11 is 0. The van der Waals surface area contributed by atoms with Crippen LogP contribution >= 0.6 is 0 Å². The normalized spacial score (nSPS) is 19.4. The molecule has 6 heteroatoms. The van der Waals surface area contributed by atoms with Gasteiger partial charge in [0.25, 0.3) is 0 Å². The van der Waals surface area contributed by atoms with Gasteiger partial charge >= 0.3 is 0 Å². The van der Waals surface area contributed by atoms with Crippen LogP contribution in [0.15, 0.2) is 29.2 Å². The Kier molecular flexibility index (Phi) is 3.11. The van der Waals surface area contributed by atoms with Crippen LogP contribution < -0.4 is 4.74 Å². The Labute approximate surface area is 92.9 Å². The van der Waals surface area contributed by atoms with Crippen molar-refractivity contribution in [3.8, 4) is 5.75 Å². The number of alkyl halides is 1. The van der Waals surface area contributed by atoms with Crippen molar-refractivity contribution in [3.05, 3.63) is 24.3 Å². The van der Waals surface area contributed by atoms with Crippen LogP contribution in [0.3, 0.4) is 0 Å². The number of ether oxygens (including phenoxy) is 2. The van der Waals surface area contributed by atoms with Gasteiger partial charge < -0.3 is 9.47 Å². The highest BCUT2D eigenvalue weighted by molar-refractivity contribution is 7.91. The third-order valence-corrected chi connectivity index (χ3v) is 3.41. The van der Waals surface area contributed by atoms with Crippen molar-refractivity contribution in [2.75, 3.05) is 19.2 Å². The van der Waals surface area contributed by atoms with Gasteiger partial charge in [-0.15, -0.1) is 0 Å². The number of rotatable bonds is 5. The second-order valence-electron chi connectivity index (χ2n) is 3.47. The van der Waals surface area contributed by atoms with E-state index in [4.69, 9.17) is 9.47 Å². The highest BCUT2D eigenvalue weighted by Gasteiger charge is 2.23. The first-order valence-electron chi connectivity index (χ1n) is 4.75. The summed E-state index contributed by atoms with van der Waals surface area (Å²) in [4.78, 5) is -0.0655. The molecule has 1 aliphatic heterocycles. The molecule has 1 aliphatic rings. The Morgan fingerprint density at radius 3 is 2.88 bits per heavy atom. The molecule has 0 saturated carbocycles. The zero-order valence-electron chi connectivity index (χ0n) is 8.43. The van der Waals surface area contributed by atoms with E-state index in [1.54, 1.807) is 6.07 Å². The van der Waals surface area contributed by atoms with Crippen molar-refractivity contribution < 1.29 is 22.3 Å². The summed E-state index contributed by atoms with van der Waals surface area (Å²) in [7, 11) is -3.82. The van der Waals surface area contributed by atoms with Crippen molar-refractivity contribution in [1.29, 1.82) is 0 Å². The highest BCUT2D eigenvalue weighted by atomic mass is 32.2. The SMILES string of the molecule is O=S(=O)(CF)c1cccc(OCC2CO2)c1. The van der Waals surface area contributed by atoms with Gasteiger partial charge in [-0.05, 0) is 18.2 Å². The molecule has 0 amide bonds. The van der Waals surface area contributed by atoms with Gasteiger partial charge in [-0.3, -0.25) is 0 Å². The van der Waals surface area contributed by atoms with Gasteiger partial charge in [-0.2, -0.15) is 0 Å². The van der Waals surface area contributed by atoms with Crippen LogP contribution in [0.1, 0.15) is 0 Å². The summed E-state index contributed by atoms with van der Waals surface area (Å²) in [6.45, 7) is 1.06. The maximum Gasteiger partial charge on any atom is 0.207 e. The van der Waals surface area contributed by atoms with Crippen molar-refractivity contribution >= 4 is 9.84 Å². The lowest BCUT2D eigenvalue weighted by atomic mass is 10.3. The minimum absolute atomic E-state index is 0.0655. The number of halogens is 1. The maximum absolute atomic E-state index is 12.3. The fourth-order valence-electron chi connectivity index (χ4n) is 1.17. The second-order valence-corrected chi connectivity index (χ2v) is 5.38. The topological polar surface area (TPSA) is 55.9 Å². The first-order valence-corrected chi connectivity index (χ1v) is 6.40. The summed E-state index contributed by atoms with van der Waals surface area (Å²) in [6.07, 6.45) is 0.0986. The molecule has 0 spiro atoms. The molecular weight excluding hydrogens is 235 g/mol. The van der Waals surface area contributed by atoms with E-state index in [1.807, 2.05) is 0 Å². The Bertz CT molecular complexity index is 467. The molecule has 0 aromatic heterocycles. The molecule has 1 aromatic carbocycles. The molecule has 0 N–H and O–H groups in total. The molecule has 0 bridgehead atoms. The lowest BCUT2D eigenvalue weighted by Crippen LogP contribution is -2.06. The van der Waals surface area contributed by atoms with Crippen LogP contribution in [-0.4, -0.2) is 33.7 Å². The molecule has 1 atom stereocenters. The minimum atomic E-state index is -3.82. The first-order chi connectivity index (χ1) is 7.62. The fraction of sp³-hybridized carbons (Fsp3) is 0.400. The van der Waals surface area contributed by atoms with E-state index < -0.39 is 15.8 Å². The summed E-state index contributed by atoms with van der Waals surface area (Å²) in [6, 6.07) is 4.40. The van der Waals surface area contributed by atoms with Crippen molar-refractivity contribution in [3.63, 3.8) is 0 Å². The molecule has 4 nitrogen and oxygen atoms in total. The van der Waals surface area contributed by atoms with E-state index in [-0.39, 0.29) is 11.0 Å². The Morgan fingerprint density at radius 2 is 2.25 bits per heavy atom. The van der Waals surface area contributed by atoms with Crippen molar-refractivity contribution in [2.24, 2.45) is 0 Å². The Hall–Kier alpha value is -1.14. The number of hydrogen-bond donors (Lipinski definition) is 0. The van der Waals surface area contributed by atoms with Crippen molar-refractivity contribution in [1.82, 2.24) is 0 Å². The quantitative estimate of drug-likeness (QED) is 0.732. The molecular formula is C10H11FO4S. The molecule has 1 unspecified atom stereocenters. The van der Waals surface area contributed by atoms with Gasteiger partial charge in [0.15, 0.2) is 6.01 Å². The third kappa shape index (κ3) is 2.70. The van der Waals surface area contributed by atoms with E-state index in [2.05, 4.69) is 0 Å². The summed E-state index contributed by atoms with van der Waals surface area (Å²) in [5, 5.41) is 0. The summed E-state index contributed by atoms with van der Waals surface area (Å²) < 4.78 is 45.0. The predicted octanol–water partition coefficient (Wildman–Crippen LogP) is 1.16. The molecule has 1 saturated heterocycles. The standard InChI is InChI=1S/C10H11FO4S/c11-7-16(12,13)10-3-1-2-8(4-10)14-5-9-6-15-9/h1-4,9H,5-7H2. The van der Waals surface area contributed by atoms with Crippen LogP contribution in [-0.2, 0) is 14.6 Å². The van der Waals surface area contributed by atoms with E-state index in [0.29, 0.717) is 19.0 Å². The van der Waals surface area contributed by atoms with Crippen LogP contribution in [0.5, 0.6) is 5.75 Å². The number of sulfone groups is 1. The minimum Gasteiger partial charge on any atom is -0.491 e. The molecule has 1 aromatic rings. The zero-order valence-corrected chi connectivity index (χ0v) is 9.24. The van der Waals surface area contributed by atoms with E-state index in [1.165, 1.54) is 18.2 Å². The van der Waals surface area contributed by atoms with E-state index in [0.717, 1.165) is 0 Å². The Balaban J connectivity index is 2.12. The summed E-state index contributed by atoms with van der Waals surface area (Å²) in [5.41, 5.74) is 0. The molecule has 0 radical (unpaired) electrons. The molecule has 88 valence electrons. The maximum atomic E-state index is 12.3. The van der Waals surface area contributed by atoms with Crippen LogP contribution in [0, 0.1) is 0 Å². The Morgan fingerprint density at radius 1 is 1.50 bits per heavy atom. The highest BCUT2D eigenvalue weighted by Crippen LogP contribution is 2.20. The smallest absolute Gasteiger partial charge is 0.207 e. The molecule has 0 aliphatic carbocycles. The third-order valence-electron chi connectivity index (χ3n) is 2.15. The van der Waals surface area contributed by atoms with Crippen LogP contribution in [0.4, 0.5) is 4.39 Å². The van der Waals surface area contributed by atoms with E-state index >= 15 is 0 Å². The second kappa shape index (κ2) is 4.39. The monoisotopic (exact) mass is 246 g/mol. The van der Waals surface area contributed by atoms with Crippen molar-refractivity contribution in [2.45, 2.75) is 11.0 Å². The lowest BCUT2D eigenvalue weighted by Gasteiger charge is -2.05. The van der Waals surface area contributed by atoms with E-state index in [9.17, 15) is 12.8 Å². The average molecular weight is 246 g/mol. The van der Waals surface area contributed by atoms with Gasteiger partial charge in [0.05, 0.1) is 11.5 Å². The fourth-order valence-corrected chi connectivity index (χ4v) is 1.88.